The number of hydrogen-bond donors (Lipinski definition) is 5. The molecule has 2 heterocycles. The molecular weight excluding hydrogens is 497 g/mol. The van der Waals surface area contributed by atoms with Crippen LogP contribution in [0.4, 0.5) is 5.69 Å². The molecule has 0 spiro atoms. The number of rotatable bonds is 9. The van der Waals surface area contributed by atoms with Crippen LogP contribution in [0.3, 0.4) is 0 Å². The van der Waals surface area contributed by atoms with Crippen LogP contribution in [0.25, 0.3) is 11.1 Å². The van der Waals surface area contributed by atoms with Crippen molar-refractivity contribution in [2.24, 2.45) is 5.92 Å². The number of aliphatic hydroxyl groups excluding tert-OH is 2. The number of phosphoric ester groups is 1. The van der Waals surface area contributed by atoms with Gasteiger partial charge in [-0.25, -0.2) is 9.55 Å². The standard InChI is InChI=1S/C26H30N3O7P/c1-18(30)26-27-12-13-29(26)24(16-36-37(32,33)34)11-4-19-2-5-20(6-3-19)21-7-9-23(10-8-21)28-14-22-15-35-17-25(22)31/h2-3,5-10,12-13,18,22,24-25,28,30-31H,14-17H2,1H3,(H2,32,33,34)/t18-,22+,24-,25+/m0/s1. The van der Waals surface area contributed by atoms with Crippen molar-refractivity contribution in [3.8, 4) is 23.0 Å². The highest BCUT2D eigenvalue weighted by atomic mass is 31.2. The van der Waals surface area contributed by atoms with Crippen LogP contribution in [-0.4, -0.2) is 62.0 Å². The zero-order chi connectivity index (χ0) is 26.4. The summed E-state index contributed by atoms with van der Waals surface area (Å²) in [7, 11) is -4.70. The van der Waals surface area contributed by atoms with Crippen molar-refractivity contribution >= 4 is 13.5 Å². The van der Waals surface area contributed by atoms with E-state index >= 15 is 0 Å². The first-order chi connectivity index (χ1) is 17.7. The SMILES string of the molecule is C[C@H](O)c1nccn1[C@@H](C#Cc1ccc(-c2ccc(NC[C@@H]3COC[C@H]3O)cc2)cc1)COP(=O)(O)O. The number of nitrogens with zero attached hydrogens (tertiary/aromatic N) is 2. The number of imidazole rings is 1. The summed E-state index contributed by atoms with van der Waals surface area (Å²) in [5, 5.41) is 23.2. The Morgan fingerprint density at radius 3 is 2.43 bits per heavy atom. The van der Waals surface area contributed by atoms with Crippen molar-refractivity contribution < 1.29 is 33.8 Å². The van der Waals surface area contributed by atoms with Gasteiger partial charge in [-0.05, 0) is 42.3 Å². The molecule has 1 aromatic heterocycles. The number of aromatic nitrogens is 2. The van der Waals surface area contributed by atoms with Gasteiger partial charge in [0.1, 0.15) is 18.0 Å². The maximum atomic E-state index is 11.2. The maximum Gasteiger partial charge on any atom is 0.469 e. The lowest BCUT2D eigenvalue weighted by Crippen LogP contribution is -2.25. The van der Waals surface area contributed by atoms with E-state index in [1.165, 1.54) is 10.8 Å². The first-order valence-corrected chi connectivity index (χ1v) is 13.4. The third-order valence-electron chi connectivity index (χ3n) is 6.03. The van der Waals surface area contributed by atoms with Crippen LogP contribution in [0.2, 0.25) is 0 Å². The average molecular weight is 528 g/mol. The second-order valence-corrected chi connectivity index (χ2v) is 10.1. The summed E-state index contributed by atoms with van der Waals surface area (Å²) < 4.78 is 22.7. The van der Waals surface area contributed by atoms with Gasteiger partial charge < -0.3 is 34.6 Å². The molecule has 0 radical (unpaired) electrons. The summed E-state index contributed by atoms with van der Waals surface area (Å²) in [5.74, 6) is 6.39. The number of nitrogens with one attached hydrogen (secondary N) is 1. The first-order valence-electron chi connectivity index (χ1n) is 11.8. The highest BCUT2D eigenvalue weighted by Crippen LogP contribution is 2.37. The topological polar surface area (TPSA) is 146 Å². The Hall–Kier alpha value is -3.00. The van der Waals surface area contributed by atoms with Crippen molar-refractivity contribution in [3.05, 3.63) is 72.3 Å². The van der Waals surface area contributed by atoms with E-state index in [0.29, 0.717) is 31.1 Å². The summed E-state index contributed by atoms with van der Waals surface area (Å²) in [6.45, 7) is 2.76. The van der Waals surface area contributed by atoms with Gasteiger partial charge >= 0.3 is 7.82 Å². The molecule has 1 fully saturated rings. The second kappa shape index (κ2) is 12.0. The van der Waals surface area contributed by atoms with Gasteiger partial charge in [-0.1, -0.05) is 36.1 Å². The van der Waals surface area contributed by atoms with E-state index in [4.69, 9.17) is 14.5 Å². The summed E-state index contributed by atoms with van der Waals surface area (Å²) in [6, 6.07) is 14.8. The second-order valence-electron chi connectivity index (χ2n) is 8.84. The summed E-state index contributed by atoms with van der Waals surface area (Å²) >= 11 is 0. The molecule has 5 N–H and O–H groups in total. The molecule has 1 saturated heterocycles. The molecule has 4 atom stereocenters. The molecule has 0 aliphatic carbocycles. The molecule has 3 aromatic rings. The number of benzene rings is 2. The van der Waals surface area contributed by atoms with Crippen molar-refractivity contribution in [1.82, 2.24) is 9.55 Å². The Morgan fingerprint density at radius 1 is 1.16 bits per heavy atom. The minimum atomic E-state index is -4.70. The zero-order valence-electron chi connectivity index (χ0n) is 20.3. The van der Waals surface area contributed by atoms with Gasteiger partial charge in [0.2, 0.25) is 0 Å². The van der Waals surface area contributed by atoms with Crippen LogP contribution >= 0.6 is 7.82 Å². The van der Waals surface area contributed by atoms with Crippen LogP contribution in [-0.2, 0) is 13.8 Å². The van der Waals surface area contributed by atoms with E-state index in [1.807, 2.05) is 48.5 Å². The van der Waals surface area contributed by atoms with E-state index in [0.717, 1.165) is 16.8 Å². The molecule has 2 aromatic carbocycles. The smallest absolute Gasteiger partial charge is 0.390 e. The fourth-order valence-electron chi connectivity index (χ4n) is 4.00. The normalized spacial score (nSPS) is 19.2. The number of ether oxygens (including phenoxy) is 1. The lowest BCUT2D eigenvalue weighted by atomic mass is 10.0. The fourth-order valence-corrected chi connectivity index (χ4v) is 4.33. The molecule has 11 heteroatoms. The van der Waals surface area contributed by atoms with Crippen LogP contribution in [0.5, 0.6) is 0 Å². The molecule has 0 amide bonds. The monoisotopic (exact) mass is 527 g/mol. The average Bonchev–Trinajstić information content (AvgIpc) is 3.52. The Kier molecular flexibility index (Phi) is 8.79. The zero-order valence-corrected chi connectivity index (χ0v) is 21.2. The molecule has 0 bridgehead atoms. The number of phosphoric acid groups is 1. The Morgan fingerprint density at radius 2 is 1.84 bits per heavy atom. The fraction of sp³-hybridized carbons (Fsp3) is 0.346. The van der Waals surface area contributed by atoms with Gasteiger partial charge in [0.25, 0.3) is 0 Å². The van der Waals surface area contributed by atoms with E-state index in [2.05, 4.69) is 26.7 Å². The maximum absolute atomic E-state index is 11.2. The highest BCUT2D eigenvalue weighted by Gasteiger charge is 2.25. The predicted molar refractivity (Wildman–Crippen MR) is 137 cm³/mol. The third kappa shape index (κ3) is 7.51. The molecule has 1 aliphatic heterocycles. The molecular formula is C26H30N3O7P. The molecule has 1 aliphatic rings. The van der Waals surface area contributed by atoms with Crippen molar-refractivity contribution in [2.75, 3.05) is 31.7 Å². The first kappa shape index (κ1) is 27.0. The highest BCUT2D eigenvalue weighted by molar-refractivity contribution is 7.46. The number of hydrogen-bond acceptors (Lipinski definition) is 7. The Bertz CT molecular complexity index is 1280. The van der Waals surface area contributed by atoms with Crippen molar-refractivity contribution in [2.45, 2.75) is 25.2 Å². The van der Waals surface area contributed by atoms with Crippen LogP contribution < -0.4 is 5.32 Å². The molecule has 37 heavy (non-hydrogen) atoms. The summed E-state index contributed by atoms with van der Waals surface area (Å²) in [5.41, 5.74) is 3.70. The molecule has 4 rings (SSSR count). The van der Waals surface area contributed by atoms with Crippen molar-refractivity contribution in [3.63, 3.8) is 0 Å². The van der Waals surface area contributed by atoms with Gasteiger partial charge in [-0.2, -0.15) is 0 Å². The molecule has 196 valence electrons. The molecule has 10 nitrogen and oxygen atoms in total. The minimum absolute atomic E-state index is 0.0867. The van der Waals surface area contributed by atoms with E-state index in [-0.39, 0.29) is 12.5 Å². The minimum Gasteiger partial charge on any atom is -0.390 e. The summed E-state index contributed by atoms with van der Waals surface area (Å²) in [6.07, 6.45) is 1.74. The van der Waals surface area contributed by atoms with Gasteiger partial charge in [0.05, 0.1) is 25.9 Å². The van der Waals surface area contributed by atoms with Crippen LogP contribution in [0, 0.1) is 17.8 Å². The molecule has 0 unspecified atom stereocenters. The largest absolute Gasteiger partial charge is 0.469 e. The Balaban J connectivity index is 1.44. The van der Waals surface area contributed by atoms with Gasteiger partial charge in [0, 0.05) is 36.1 Å². The molecule has 0 saturated carbocycles. The number of anilines is 1. The van der Waals surface area contributed by atoms with E-state index in [9.17, 15) is 14.8 Å². The number of aliphatic hydroxyl groups is 2. The van der Waals surface area contributed by atoms with Gasteiger partial charge in [-0.3, -0.25) is 4.52 Å². The Labute approximate surface area is 215 Å². The van der Waals surface area contributed by atoms with E-state index in [1.54, 1.807) is 13.1 Å². The van der Waals surface area contributed by atoms with Crippen molar-refractivity contribution in [1.29, 1.82) is 0 Å². The van der Waals surface area contributed by atoms with Gasteiger partial charge in [0.15, 0.2) is 0 Å². The lowest BCUT2D eigenvalue weighted by molar-refractivity contribution is 0.120. The van der Waals surface area contributed by atoms with E-state index < -0.39 is 26.1 Å². The summed E-state index contributed by atoms with van der Waals surface area (Å²) in [4.78, 5) is 22.3. The lowest BCUT2D eigenvalue weighted by Gasteiger charge is -2.17. The third-order valence-corrected chi connectivity index (χ3v) is 6.51. The van der Waals surface area contributed by atoms with Gasteiger partial charge in [-0.15, -0.1) is 0 Å². The van der Waals surface area contributed by atoms with Crippen LogP contribution in [0.1, 0.15) is 30.5 Å². The van der Waals surface area contributed by atoms with Crippen LogP contribution in [0.15, 0.2) is 60.9 Å². The quantitative estimate of drug-likeness (QED) is 0.209. The predicted octanol–water partition coefficient (Wildman–Crippen LogP) is 2.72.